The molecule has 0 fully saturated rings. The molecule has 0 aromatic heterocycles. The first kappa shape index (κ1) is 15.1. The quantitative estimate of drug-likeness (QED) is 0.685. The highest BCUT2D eigenvalue weighted by Gasteiger charge is 2.18. The van der Waals surface area contributed by atoms with E-state index in [9.17, 15) is 9.90 Å². The Labute approximate surface area is 112 Å². The number of benzene rings is 1. The van der Waals surface area contributed by atoms with Crippen molar-refractivity contribution in [2.24, 2.45) is 0 Å². The fraction of sp³-hybridized carbons (Fsp3) is 0.462. The highest BCUT2D eigenvalue weighted by Crippen LogP contribution is 2.34. The number of quaternary nitrogens is 1. The van der Waals surface area contributed by atoms with E-state index in [1.165, 1.54) is 14.2 Å². The van der Waals surface area contributed by atoms with Gasteiger partial charge in [0.1, 0.15) is 17.2 Å². The summed E-state index contributed by atoms with van der Waals surface area (Å²) in [5, 5.41) is 10.6. The van der Waals surface area contributed by atoms with Crippen LogP contribution in [0.15, 0.2) is 12.1 Å². The minimum atomic E-state index is -1.12. The Morgan fingerprint density at radius 3 is 2.11 bits per heavy atom. The molecule has 106 valence electrons. The van der Waals surface area contributed by atoms with Gasteiger partial charge in [-0.3, -0.25) is 0 Å². The van der Waals surface area contributed by atoms with Crippen molar-refractivity contribution in [1.82, 2.24) is 0 Å². The van der Waals surface area contributed by atoms with Gasteiger partial charge in [-0.2, -0.15) is 0 Å². The van der Waals surface area contributed by atoms with Gasteiger partial charge >= 0.3 is 0 Å². The molecule has 0 radical (unpaired) electrons. The second-order valence-electron chi connectivity index (χ2n) is 4.16. The standard InChI is InChI=1S/C13H19NO5/c1-17-9-6-11(18-2)10(12(7-9)19-3)4-8(14)5-13(15)16/h6-8H,4-5,14H2,1-3H3,(H,15,16)/t8-/m0/s1. The maximum Gasteiger partial charge on any atom is 0.129 e. The number of hydrogen-bond donors (Lipinski definition) is 1. The lowest BCUT2D eigenvalue weighted by atomic mass is 10.0. The molecule has 6 heteroatoms. The minimum Gasteiger partial charge on any atom is -0.550 e. The lowest BCUT2D eigenvalue weighted by Crippen LogP contribution is -2.63. The number of hydrogen-bond acceptors (Lipinski definition) is 5. The number of rotatable bonds is 7. The molecule has 0 saturated heterocycles. The predicted octanol–water partition coefficient (Wildman–Crippen LogP) is -0.995. The van der Waals surface area contributed by atoms with Crippen molar-refractivity contribution in [3.05, 3.63) is 17.7 Å². The zero-order valence-corrected chi connectivity index (χ0v) is 11.4. The van der Waals surface area contributed by atoms with Crippen LogP contribution < -0.4 is 25.1 Å². The van der Waals surface area contributed by atoms with Gasteiger partial charge < -0.3 is 29.8 Å². The third-order valence-electron chi connectivity index (χ3n) is 2.77. The van der Waals surface area contributed by atoms with E-state index in [4.69, 9.17) is 14.2 Å². The molecule has 19 heavy (non-hydrogen) atoms. The van der Waals surface area contributed by atoms with E-state index in [2.05, 4.69) is 5.73 Å². The van der Waals surface area contributed by atoms with Gasteiger partial charge in [-0.25, -0.2) is 0 Å². The van der Waals surface area contributed by atoms with Crippen molar-refractivity contribution in [3.8, 4) is 17.2 Å². The number of carboxylic acids is 1. The lowest BCUT2D eigenvalue weighted by molar-refractivity contribution is -0.423. The maximum atomic E-state index is 10.6. The summed E-state index contributed by atoms with van der Waals surface area (Å²) in [6, 6.07) is 3.13. The number of aliphatic carboxylic acids is 1. The van der Waals surface area contributed by atoms with Crippen molar-refractivity contribution < 1.29 is 29.8 Å². The summed E-state index contributed by atoms with van der Waals surface area (Å²) < 4.78 is 15.7. The van der Waals surface area contributed by atoms with Crippen LogP contribution in [0.5, 0.6) is 17.2 Å². The average molecular weight is 269 g/mol. The van der Waals surface area contributed by atoms with Gasteiger partial charge in [-0.15, -0.1) is 0 Å². The summed E-state index contributed by atoms with van der Waals surface area (Å²) in [5.74, 6) is 0.663. The smallest absolute Gasteiger partial charge is 0.129 e. The first-order chi connectivity index (χ1) is 9.01. The molecule has 0 amide bonds. The van der Waals surface area contributed by atoms with E-state index in [0.717, 1.165) is 5.56 Å². The highest BCUT2D eigenvalue weighted by molar-refractivity contribution is 5.65. The summed E-state index contributed by atoms with van der Waals surface area (Å²) in [5.41, 5.74) is 4.57. The number of methoxy groups -OCH3 is 3. The fourth-order valence-corrected chi connectivity index (χ4v) is 1.88. The van der Waals surface area contributed by atoms with Crippen molar-refractivity contribution >= 4 is 5.97 Å². The summed E-state index contributed by atoms with van der Waals surface area (Å²) in [7, 11) is 4.62. The van der Waals surface area contributed by atoms with Gasteiger partial charge in [0.2, 0.25) is 0 Å². The first-order valence-corrected chi connectivity index (χ1v) is 5.83. The van der Waals surface area contributed by atoms with Crippen molar-refractivity contribution in [3.63, 3.8) is 0 Å². The van der Waals surface area contributed by atoms with E-state index in [1.54, 1.807) is 19.2 Å². The zero-order chi connectivity index (χ0) is 14.4. The van der Waals surface area contributed by atoms with Crippen LogP contribution in [0.1, 0.15) is 12.0 Å². The second kappa shape index (κ2) is 6.84. The normalized spacial score (nSPS) is 11.8. The molecule has 0 spiro atoms. The Kier molecular flexibility index (Phi) is 5.44. The number of carboxylic acid groups (broad SMARTS) is 1. The van der Waals surface area contributed by atoms with Gasteiger partial charge in [0, 0.05) is 36.5 Å². The molecule has 1 aromatic rings. The minimum absolute atomic E-state index is 0.113. The van der Waals surface area contributed by atoms with Crippen LogP contribution in [0.3, 0.4) is 0 Å². The van der Waals surface area contributed by atoms with E-state index in [-0.39, 0.29) is 12.5 Å². The molecule has 6 nitrogen and oxygen atoms in total. The zero-order valence-electron chi connectivity index (χ0n) is 11.4. The van der Waals surface area contributed by atoms with Crippen LogP contribution in [0.4, 0.5) is 0 Å². The molecular weight excluding hydrogens is 250 g/mol. The second-order valence-corrected chi connectivity index (χ2v) is 4.16. The van der Waals surface area contributed by atoms with Crippen LogP contribution >= 0.6 is 0 Å². The van der Waals surface area contributed by atoms with Crippen LogP contribution in [-0.2, 0) is 11.2 Å². The molecule has 0 aliphatic carbocycles. The Morgan fingerprint density at radius 2 is 1.74 bits per heavy atom. The molecular formula is C13H19NO5. The molecule has 0 aliphatic rings. The van der Waals surface area contributed by atoms with Crippen LogP contribution in [0.25, 0.3) is 0 Å². The summed E-state index contributed by atoms with van der Waals surface area (Å²) >= 11 is 0. The van der Waals surface area contributed by atoms with Crippen LogP contribution in [0.2, 0.25) is 0 Å². The topological polar surface area (TPSA) is 95.5 Å². The summed E-state index contributed by atoms with van der Waals surface area (Å²) in [6.45, 7) is 0. The molecule has 0 saturated carbocycles. The Morgan fingerprint density at radius 1 is 1.21 bits per heavy atom. The van der Waals surface area contributed by atoms with E-state index in [0.29, 0.717) is 23.7 Å². The van der Waals surface area contributed by atoms with Crippen LogP contribution in [-0.4, -0.2) is 33.3 Å². The Hall–Kier alpha value is -1.95. The Bertz CT molecular complexity index is 422. The van der Waals surface area contributed by atoms with Gasteiger partial charge in [-0.1, -0.05) is 0 Å². The Balaban J connectivity index is 3.06. The third kappa shape index (κ3) is 4.03. The van der Waals surface area contributed by atoms with Crippen molar-refractivity contribution in [1.29, 1.82) is 0 Å². The average Bonchev–Trinajstić information content (AvgIpc) is 2.37. The highest BCUT2D eigenvalue weighted by atomic mass is 16.5. The maximum absolute atomic E-state index is 10.6. The van der Waals surface area contributed by atoms with Crippen molar-refractivity contribution in [2.45, 2.75) is 18.9 Å². The number of carbonyl (C=O) groups is 1. The monoisotopic (exact) mass is 269 g/mol. The van der Waals surface area contributed by atoms with E-state index >= 15 is 0 Å². The lowest BCUT2D eigenvalue weighted by Gasteiger charge is -2.17. The number of carbonyl (C=O) groups excluding carboxylic acids is 1. The van der Waals surface area contributed by atoms with E-state index in [1.807, 2.05) is 0 Å². The summed E-state index contributed by atoms with van der Waals surface area (Å²) in [4.78, 5) is 10.6. The van der Waals surface area contributed by atoms with Gasteiger partial charge in [0.05, 0.1) is 27.4 Å². The van der Waals surface area contributed by atoms with Crippen LogP contribution in [0, 0.1) is 0 Å². The molecule has 1 rings (SSSR count). The SMILES string of the molecule is COc1cc(OC)c(C[C@H]([NH3+])CC(=O)[O-])c(OC)c1. The van der Waals surface area contributed by atoms with Crippen molar-refractivity contribution in [2.75, 3.05) is 21.3 Å². The summed E-state index contributed by atoms with van der Waals surface area (Å²) in [6.07, 6.45) is 0.308. The molecule has 3 N–H and O–H groups in total. The van der Waals surface area contributed by atoms with Gasteiger partial charge in [0.25, 0.3) is 0 Å². The molecule has 0 aliphatic heterocycles. The van der Waals surface area contributed by atoms with Gasteiger partial charge in [0.15, 0.2) is 0 Å². The molecule has 1 atom stereocenters. The first-order valence-electron chi connectivity index (χ1n) is 5.83. The molecule has 1 aromatic carbocycles. The largest absolute Gasteiger partial charge is 0.550 e. The number of ether oxygens (including phenoxy) is 3. The molecule has 0 unspecified atom stereocenters. The van der Waals surface area contributed by atoms with E-state index < -0.39 is 5.97 Å². The predicted molar refractivity (Wildman–Crippen MR) is 66.1 cm³/mol. The molecule has 0 heterocycles. The fourth-order valence-electron chi connectivity index (χ4n) is 1.88. The molecule has 0 bridgehead atoms. The third-order valence-corrected chi connectivity index (χ3v) is 2.77. The van der Waals surface area contributed by atoms with Gasteiger partial charge in [-0.05, 0) is 0 Å².